The molecule has 1 aliphatic heterocycles. The molecular weight excluding hydrogens is 292 g/mol. The van der Waals surface area contributed by atoms with Crippen LogP contribution in [0.25, 0.3) is 22.2 Å². The molecule has 1 N–H and O–H groups in total. The van der Waals surface area contributed by atoms with E-state index < -0.39 is 0 Å². The van der Waals surface area contributed by atoms with E-state index in [0.29, 0.717) is 0 Å². The van der Waals surface area contributed by atoms with Crippen molar-refractivity contribution in [2.24, 2.45) is 5.92 Å². The number of nitrogens with zero attached hydrogens (tertiary/aromatic N) is 1. The van der Waals surface area contributed by atoms with E-state index >= 15 is 0 Å². The molecule has 2 nitrogen and oxygen atoms in total. The van der Waals surface area contributed by atoms with Gasteiger partial charge in [0.1, 0.15) is 0 Å². The highest BCUT2D eigenvalue weighted by Crippen LogP contribution is 2.27. The van der Waals surface area contributed by atoms with Gasteiger partial charge in [0.05, 0.1) is 11.2 Å². The number of aromatic nitrogens is 1. The van der Waals surface area contributed by atoms with E-state index in [1.54, 1.807) is 0 Å². The molecule has 1 aromatic heterocycles. The fourth-order valence-electron chi connectivity index (χ4n) is 3.74. The lowest BCUT2D eigenvalue weighted by Gasteiger charge is -2.23. The maximum absolute atomic E-state index is 4.89. The summed E-state index contributed by atoms with van der Waals surface area (Å²) in [6.07, 6.45) is 5.07. The molecule has 1 unspecified atom stereocenters. The first-order valence-corrected chi connectivity index (χ1v) is 9.05. The van der Waals surface area contributed by atoms with E-state index in [4.69, 9.17) is 4.98 Å². The third kappa shape index (κ3) is 3.34. The van der Waals surface area contributed by atoms with Gasteiger partial charge in [0.15, 0.2) is 0 Å². The normalized spacial score (nSPS) is 17.9. The summed E-state index contributed by atoms with van der Waals surface area (Å²) in [5, 5.41) is 4.84. The maximum Gasteiger partial charge on any atom is 0.0712 e. The summed E-state index contributed by atoms with van der Waals surface area (Å²) in [5.41, 5.74) is 4.83. The molecule has 2 heterocycles. The standard InChI is InChI=1S/C22H24N2/c1-2-8-18(9-3-1)22-15-19(13-12-17-7-6-14-23-16-17)20-10-4-5-11-21(20)24-22/h1-5,8-11,15,17,23H,6-7,12-14,16H2. The Balaban J connectivity index is 1.67. The quantitative estimate of drug-likeness (QED) is 0.745. The second-order valence-electron chi connectivity index (χ2n) is 6.80. The van der Waals surface area contributed by atoms with Crippen LogP contribution in [0.5, 0.6) is 0 Å². The third-order valence-corrected chi connectivity index (χ3v) is 5.09. The molecule has 1 fully saturated rings. The SMILES string of the molecule is c1ccc(-c2cc(CCC3CCCNC3)c3ccccc3n2)cc1. The molecule has 4 rings (SSSR count). The first kappa shape index (κ1) is 15.3. The highest BCUT2D eigenvalue weighted by atomic mass is 14.9. The van der Waals surface area contributed by atoms with E-state index in [9.17, 15) is 0 Å². The molecule has 0 spiro atoms. The van der Waals surface area contributed by atoms with E-state index in [1.807, 2.05) is 0 Å². The predicted octanol–water partition coefficient (Wildman–Crippen LogP) is 4.83. The molecule has 1 aliphatic rings. The van der Waals surface area contributed by atoms with Crippen LogP contribution in [-0.2, 0) is 6.42 Å². The Morgan fingerprint density at radius 3 is 2.67 bits per heavy atom. The van der Waals surface area contributed by atoms with Crippen LogP contribution in [0.1, 0.15) is 24.8 Å². The molecule has 1 saturated heterocycles. The first-order valence-electron chi connectivity index (χ1n) is 9.05. The molecule has 2 heteroatoms. The second-order valence-corrected chi connectivity index (χ2v) is 6.80. The van der Waals surface area contributed by atoms with Crippen LogP contribution < -0.4 is 5.32 Å². The van der Waals surface area contributed by atoms with Crippen molar-refractivity contribution in [1.82, 2.24) is 10.3 Å². The van der Waals surface area contributed by atoms with Gasteiger partial charge in [-0.15, -0.1) is 0 Å². The molecule has 24 heavy (non-hydrogen) atoms. The number of benzene rings is 2. The van der Waals surface area contributed by atoms with Crippen molar-refractivity contribution in [3.63, 3.8) is 0 Å². The average Bonchev–Trinajstić information content (AvgIpc) is 2.67. The van der Waals surface area contributed by atoms with Gasteiger partial charge < -0.3 is 5.32 Å². The molecule has 122 valence electrons. The van der Waals surface area contributed by atoms with Gasteiger partial charge in [-0.1, -0.05) is 48.5 Å². The lowest BCUT2D eigenvalue weighted by atomic mass is 9.91. The van der Waals surface area contributed by atoms with Crippen LogP contribution in [0.15, 0.2) is 60.7 Å². The monoisotopic (exact) mass is 316 g/mol. The summed E-state index contributed by atoms with van der Waals surface area (Å²) in [6.45, 7) is 2.36. The summed E-state index contributed by atoms with van der Waals surface area (Å²) in [6, 6.07) is 21.4. The van der Waals surface area contributed by atoms with E-state index in [-0.39, 0.29) is 0 Å². The fourth-order valence-corrected chi connectivity index (χ4v) is 3.74. The van der Waals surface area contributed by atoms with Gasteiger partial charge in [0, 0.05) is 10.9 Å². The largest absolute Gasteiger partial charge is 0.316 e. The molecule has 0 amide bonds. The third-order valence-electron chi connectivity index (χ3n) is 5.09. The number of nitrogens with one attached hydrogen (secondary N) is 1. The average molecular weight is 316 g/mol. The molecule has 0 saturated carbocycles. The van der Waals surface area contributed by atoms with Gasteiger partial charge in [-0.05, 0) is 62.4 Å². The second kappa shape index (κ2) is 7.14. The fraction of sp³-hybridized carbons (Fsp3) is 0.318. The van der Waals surface area contributed by atoms with Gasteiger partial charge in [0.25, 0.3) is 0 Å². The number of rotatable bonds is 4. The molecule has 0 bridgehead atoms. The zero-order valence-corrected chi connectivity index (χ0v) is 14.0. The first-order chi connectivity index (χ1) is 11.9. The minimum atomic E-state index is 0.811. The van der Waals surface area contributed by atoms with Gasteiger partial charge in [-0.3, -0.25) is 0 Å². The molecule has 0 radical (unpaired) electrons. The Morgan fingerprint density at radius 2 is 1.83 bits per heavy atom. The lowest BCUT2D eigenvalue weighted by Crippen LogP contribution is -2.29. The number of aryl methyl sites for hydroxylation is 1. The zero-order chi connectivity index (χ0) is 16.2. The number of pyridine rings is 1. The topological polar surface area (TPSA) is 24.9 Å². The van der Waals surface area contributed by atoms with Crippen LogP contribution in [-0.4, -0.2) is 18.1 Å². The van der Waals surface area contributed by atoms with Gasteiger partial charge in [0.2, 0.25) is 0 Å². The smallest absolute Gasteiger partial charge is 0.0712 e. The summed E-state index contributed by atoms with van der Waals surface area (Å²) in [7, 11) is 0. The Labute approximate surface area is 143 Å². The Morgan fingerprint density at radius 1 is 1.00 bits per heavy atom. The summed E-state index contributed by atoms with van der Waals surface area (Å²) in [5.74, 6) is 0.811. The molecule has 3 aromatic rings. The van der Waals surface area contributed by atoms with Crippen molar-refractivity contribution < 1.29 is 0 Å². The highest BCUT2D eigenvalue weighted by molar-refractivity contribution is 5.85. The molecule has 1 atom stereocenters. The minimum Gasteiger partial charge on any atom is -0.316 e. The predicted molar refractivity (Wildman–Crippen MR) is 101 cm³/mol. The van der Waals surface area contributed by atoms with Crippen molar-refractivity contribution in [1.29, 1.82) is 0 Å². The Bertz CT molecular complexity index is 805. The lowest BCUT2D eigenvalue weighted by molar-refractivity contribution is 0.358. The van der Waals surface area contributed by atoms with Crippen LogP contribution in [0.3, 0.4) is 0 Å². The van der Waals surface area contributed by atoms with Crippen LogP contribution in [0, 0.1) is 5.92 Å². The van der Waals surface area contributed by atoms with Crippen molar-refractivity contribution in [2.75, 3.05) is 13.1 Å². The maximum atomic E-state index is 4.89. The van der Waals surface area contributed by atoms with Crippen molar-refractivity contribution in [3.8, 4) is 11.3 Å². The Hall–Kier alpha value is -2.19. The van der Waals surface area contributed by atoms with Crippen LogP contribution in [0.4, 0.5) is 0 Å². The van der Waals surface area contributed by atoms with Gasteiger partial charge in [-0.25, -0.2) is 4.98 Å². The minimum absolute atomic E-state index is 0.811. The van der Waals surface area contributed by atoms with Crippen LogP contribution in [0.2, 0.25) is 0 Å². The van der Waals surface area contributed by atoms with E-state index in [1.165, 1.54) is 48.9 Å². The van der Waals surface area contributed by atoms with E-state index in [2.05, 4.69) is 66.0 Å². The number of para-hydroxylation sites is 1. The van der Waals surface area contributed by atoms with E-state index in [0.717, 1.165) is 23.5 Å². The summed E-state index contributed by atoms with van der Waals surface area (Å²) < 4.78 is 0. The van der Waals surface area contributed by atoms with Gasteiger partial charge >= 0.3 is 0 Å². The molecular formula is C22H24N2. The Kier molecular flexibility index (Phi) is 4.57. The van der Waals surface area contributed by atoms with Gasteiger partial charge in [-0.2, -0.15) is 0 Å². The highest BCUT2D eigenvalue weighted by Gasteiger charge is 2.14. The zero-order valence-electron chi connectivity index (χ0n) is 14.0. The van der Waals surface area contributed by atoms with Crippen LogP contribution >= 0.6 is 0 Å². The van der Waals surface area contributed by atoms with Crippen molar-refractivity contribution >= 4 is 10.9 Å². The summed E-state index contributed by atoms with van der Waals surface area (Å²) in [4.78, 5) is 4.89. The molecule has 0 aliphatic carbocycles. The number of fused-ring (bicyclic) bond motifs is 1. The van der Waals surface area contributed by atoms with Crippen molar-refractivity contribution in [3.05, 3.63) is 66.2 Å². The van der Waals surface area contributed by atoms with Crippen molar-refractivity contribution in [2.45, 2.75) is 25.7 Å². The molecule has 2 aromatic carbocycles. The summed E-state index contributed by atoms with van der Waals surface area (Å²) >= 11 is 0. The number of hydrogen-bond donors (Lipinski definition) is 1. The number of hydrogen-bond acceptors (Lipinski definition) is 2. The number of piperidine rings is 1.